The van der Waals surface area contributed by atoms with Crippen molar-refractivity contribution in [2.24, 2.45) is 0 Å². The number of rotatable bonds is 2. The molecule has 1 fully saturated rings. The maximum absolute atomic E-state index is 10.1. The summed E-state index contributed by atoms with van der Waals surface area (Å²) < 4.78 is 0. The summed E-state index contributed by atoms with van der Waals surface area (Å²) in [6, 6.07) is 4.24. The SMILES string of the molecule is CCc1ccc(N2CCCC(C)(O)CC2)cn1. The van der Waals surface area contributed by atoms with Crippen LogP contribution in [0.1, 0.15) is 38.8 Å². The number of hydrogen-bond acceptors (Lipinski definition) is 3. The van der Waals surface area contributed by atoms with Crippen LogP contribution in [0.2, 0.25) is 0 Å². The fourth-order valence-electron chi connectivity index (χ4n) is 2.33. The third-order valence-electron chi connectivity index (χ3n) is 3.60. The average Bonchev–Trinajstić information content (AvgIpc) is 2.50. The van der Waals surface area contributed by atoms with Gasteiger partial charge >= 0.3 is 0 Å². The van der Waals surface area contributed by atoms with E-state index in [4.69, 9.17) is 0 Å². The molecule has 0 radical (unpaired) electrons. The molecule has 1 N–H and O–H groups in total. The molecule has 1 aromatic rings. The molecule has 2 heterocycles. The fourth-order valence-corrected chi connectivity index (χ4v) is 2.33. The smallest absolute Gasteiger partial charge is 0.0637 e. The molecule has 1 unspecified atom stereocenters. The predicted octanol–water partition coefficient (Wildman–Crippen LogP) is 2.39. The van der Waals surface area contributed by atoms with Crippen molar-refractivity contribution in [3.05, 3.63) is 24.0 Å². The molecule has 3 heteroatoms. The number of aromatic nitrogens is 1. The Bertz CT molecular complexity index is 359. The second-order valence-corrected chi connectivity index (χ2v) is 5.20. The van der Waals surface area contributed by atoms with Gasteiger partial charge in [0.25, 0.3) is 0 Å². The van der Waals surface area contributed by atoms with Crippen molar-refractivity contribution in [2.75, 3.05) is 18.0 Å². The Morgan fingerprint density at radius 2 is 2.18 bits per heavy atom. The summed E-state index contributed by atoms with van der Waals surface area (Å²) in [6.07, 6.45) is 5.71. The van der Waals surface area contributed by atoms with Crippen LogP contribution in [0.25, 0.3) is 0 Å². The molecule has 0 aliphatic carbocycles. The molecule has 0 spiro atoms. The average molecular weight is 234 g/mol. The summed E-state index contributed by atoms with van der Waals surface area (Å²) in [6.45, 7) is 5.99. The van der Waals surface area contributed by atoms with Crippen molar-refractivity contribution in [1.82, 2.24) is 4.98 Å². The summed E-state index contributed by atoms with van der Waals surface area (Å²) in [5.74, 6) is 0. The van der Waals surface area contributed by atoms with Gasteiger partial charge in [-0.1, -0.05) is 6.92 Å². The van der Waals surface area contributed by atoms with E-state index in [0.29, 0.717) is 0 Å². The molecule has 3 nitrogen and oxygen atoms in total. The summed E-state index contributed by atoms with van der Waals surface area (Å²) >= 11 is 0. The van der Waals surface area contributed by atoms with Gasteiger partial charge in [0.15, 0.2) is 0 Å². The molecule has 1 aliphatic rings. The van der Waals surface area contributed by atoms with Crippen molar-refractivity contribution < 1.29 is 5.11 Å². The Kier molecular flexibility index (Phi) is 3.67. The molecule has 1 aromatic heterocycles. The zero-order valence-corrected chi connectivity index (χ0v) is 10.8. The predicted molar refractivity (Wildman–Crippen MR) is 70.3 cm³/mol. The number of anilines is 1. The second-order valence-electron chi connectivity index (χ2n) is 5.20. The quantitative estimate of drug-likeness (QED) is 0.853. The van der Waals surface area contributed by atoms with Crippen LogP contribution in [0.3, 0.4) is 0 Å². The van der Waals surface area contributed by atoms with Crippen LogP contribution in [-0.2, 0) is 6.42 Å². The lowest BCUT2D eigenvalue weighted by Crippen LogP contribution is -2.28. The third kappa shape index (κ3) is 3.19. The van der Waals surface area contributed by atoms with Gasteiger partial charge in [0.1, 0.15) is 0 Å². The van der Waals surface area contributed by atoms with Gasteiger partial charge in [-0.25, -0.2) is 0 Å². The van der Waals surface area contributed by atoms with Crippen LogP contribution in [-0.4, -0.2) is 28.8 Å². The normalized spacial score (nSPS) is 25.7. The van der Waals surface area contributed by atoms with Gasteiger partial charge in [0.2, 0.25) is 0 Å². The van der Waals surface area contributed by atoms with Crippen molar-refractivity contribution in [3.63, 3.8) is 0 Å². The van der Waals surface area contributed by atoms with Gasteiger partial charge in [-0.3, -0.25) is 4.98 Å². The van der Waals surface area contributed by atoms with E-state index in [1.807, 2.05) is 13.1 Å². The zero-order chi connectivity index (χ0) is 12.3. The molecule has 94 valence electrons. The van der Waals surface area contributed by atoms with Crippen LogP contribution in [0, 0.1) is 0 Å². The first kappa shape index (κ1) is 12.4. The first-order valence-corrected chi connectivity index (χ1v) is 6.53. The summed E-state index contributed by atoms with van der Waals surface area (Å²) in [5, 5.41) is 10.1. The lowest BCUT2D eigenvalue weighted by atomic mass is 9.98. The minimum absolute atomic E-state index is 0.495. The Balaban J connectivity index is 2.06. The molecular weight excluding hydrogens is 212 g/mol. The topological polar surface area (TPSA) is 36.4 Å². The highest BCUT2D eigenvalue weighted by molar-refractivity contribution is 5.44. The Morgan fingerprint density at radius 3 is 2.82 bits per heavy atom. The number of aryl methyl sites for hydroxylation is 1. The number of aliphatic hydroxyl groups is 1. The van der Waals surface area contributed by atoms with E-state index in [1.54, 1.807) is 0 Å². The monoisotopic (exact) mass is 234 g/mol. The van der Waals surface area contributed by atoms with E-state index in [1.165, 1.54) is 5.69 Å². The lowest BCUT2D eigenvalue weighted by molar-refractivity contribution is 0.0481. The number of hydrogen-bond donors (Lipinski definition) is 1. The molecule has 0 saturated carbocycles. The minimum atomic E-state index is -0.495. The first-order valence-electron chi connectivity index (χ1n) is 6.53. The Labute approximate surface area is 103 Å². The van der Waals surface area contributed by atoms with E-state index >= 15 is 0 Å². The van der Waals surface area contributed by atoms with Gasteiger partial charge in [0, 0.05) is 18.8 Å². The molecule has 1 atom stereocenters. The van der Waals surface area contributed by atoms with Crippen LogP contribution in [0.15, 0.2) is 18.3 Å². The Morgan fingerprint density at radius 1 is 1.35 bits per heavy atom. The molecule has 1 aliphatic heterocycles. The molecule has 0 aromatic carbocycles. The standard InChI is InChI=1S/C14H22N2O/c1-3-12-5-6-13(11-15-12)16-9-4-7-14(2,17)8-10-16/h5-6,11,17H,3-4,7-10H2,1-2H3. The van der Waals surface area contributed by atoms with Gasteiger partial charge in [-0.15, -0.1) is 0 Å². The Hall–Kier alpha value is -1.09. The highest BCUT2D eigenvalue weighted by Gasteiger charge is 2.24. The van der Waals surface area contributed by atoms with Crippen molar-refractivity contribution >= 4 is 5.69 Å². The van der Waals surface area contributed by atoms with Crippen molar-refractivity contribution in [2.45, 2.75) is 45.1 Å². The second kappa shape index (κ2) is 5.05. The van der Waals surface area contributed by atoms with Gasteiger partial charge in [-0.05, 0) is 44.7 Å². The van der Waals surface area contributed by atoms with E-state index in [-0.39, 0.29) is 0 Å². The maximum atomic E-state index is 10.1. The first-order chi connectivity index (χ1) is 8.11. The zero-order valence-electron chi connectivity index (χ0n) is 10.8. The molecule has 0 bridgehead atoms. The van der Waals surface area contributed by atoms with Crippen LogP contribution < -0.4 is 4.90 Å². The van der Waals surface area contributed by atoms with Crippen LogP contribution in [0.5, 0.6) is 0 Å². The minimum Gasteiger partial charge on any atom is -0.390 e. The summed E-state index contributed by atoms with van der Waals surface area (Å²) in [7, 11) is 0. The maximum Gasteiger partial charge on any atom is 0.0637 e. The van der Waals surface area contributed by atoms with Gasteiger partial charge < -0.3 is 10.0 Å². The highest BCUT2D eigenvalue weighted by atomic mass is 16.3. The fraction of sp³-hybridized carbons (Fsp3) is 0.643. The van der Waals surface area contributed by atoms with Gasteiger partial charge in [-0.2, -0.15) is 0 Å². The van der Waals surface area contributed by atoms with E-state index in [2.05, 4.69) is 28.9 Å². The van der Waals surface area contributed by atoms with E-state index < -0.39 is 5.60 Å². The molecule has 1 saturated heterocycles. The van der Waals surface area contributed by atoms with E-state index in [0.717, 1.165) is 44.5 Å². The van der Waals surface area contributed by atoms with Crippen LogP contribution in [0.4, 0.5) is 5.69 Å². The van der Waals surface area contributed by atoms with Crippen molar-refractivity contribution in [3.8, 4) is 0 Å². The molecule has 0 amide bonds. The molecular formula is C14H22N2O. The van der Waals surface area contributed by atoms with E-state index in [9.17, 15) is 5.11 Å². The highest BCUT2D eigenvalue weighted by Crippen LogP contribution is 2.24. The summed E-state index contributed by atoms with van der Waals surface area (Å²) in [5.41, 5.74) is 1.82. The number of nitrogens with zero attached hydrogens (tertiary/aromatic N) is 2. The lowest BCUT2D eigenvalue weighted by Gasteiger charge is -2.24. The third-order valence-corrected chi connectivity index (χ3v) is 3.60. The summed E-state index contributed by atoms with van der Waals surface area (Å²) in [4.78, 5) is 6.76. The number of pyridine rings is 1. The largest absolute Gasteiger partial charge is 0.390 e. The molecule has 17 heavy (non-hydrogen) atoms. The van der Waals surface area contributed by atoms with Gasteiger partial charge in [0.05, 0.1) is 17.5 Å². The van der Waals surface area contributed by atoms with Crippen LogP contribution >= 0.6 is 0 Å². The van der Waals surface area contributed by atoms with Crippen molar-refractivity contribution in [1.29, 1.82) is 0 Å². The molecule has 2 rings (SSSR count).